The van der Waals surface area contributed by atoms with Gasteiger partial charge in [0, 0.05) is 39.4 Å². The van der Waals surface area contributed by atoms with Gasteiger partial charge in [-0.25, -0.2) is 9.97 Å². The van der Waals surface area contributed by atoms with Gasteiger partial charge in [0.05, 0.1) is 0 Å². The smallest absolute Gasteiger partial charge is 0.259 e. The average Bonchev–Trinajstić information content (AvgIpc) is 2.68. The minimum atomic E-state index is -0.0998. The number of benzene rings is 2. The van der Waals surface area contributed by atoms with E-state index in [1.54, 1.807) is 18.1 Å². The lowest BCUT2D eigenvalue weighted by atomic mass is 10.2. The maximum Gasteiger partial charge on any atom is 0.259 e. The van der Waals surface area contributed by atoms with Gasteiger partial charge in [-0.15, -0.1) is 0 Å². The van der Waals surface area contributed by atoms with Crippen LogP contribution >= 0.6 is 0 Å². The molecule has 3 rings (SSSR count). The second-order valence-electron chi connectivity index (χ2n) is 6.34. The summed E-state index contributed by atoms with van der Waals surface area (Å²) >= 11 is 0. The molecule has 0 aliphatic carbocycles. The molecule has 0 N–H and O–H groups in total. The van der Waals surface area contributed by atoms with Gasteiger partial charge in [-0.3, -0.25) is 4.79 Å². The predicted molar refractivity (Wildman–Crippen MR) is 104 cm³/mol. The Morgan fingerprint density at radius 2 is 1.54 bits per heavy atom. The van der Waals surface area contributed by atoms with E-state index in [-0.39, 0.29) is 5.91 Å². The molecule has 0 aliphatic rings. The third-order valence-corrected chi connectivity index (χ3v) is 4.06. The Morgan fingerprint density at radius 1 is 0.923 bits per heavy atom. The maximum atomic E-state index is 12.9. The van der Waals surface area contributed by atoms with Crippen molar-refractivity contribution in [2.75, 3.05) is 26.0 Å². The summed E-state index contributed by atoms with van der Waals surface area (Å²) in [6.07, 6.45) is 1.62. The van der Waals surface area contributed by atoms with Crippen LogP contribution in [0.15, 0.2) is 66.9 Å². The molecular formula is C21H22N4O. The maximum absolute atomic E-state index is 12.9. The van der Waals surface area contributed by atoms with E-state index >= 15 is 0 Å². The molecule has 0 saturated heterocycles. The van der Waals surface area contributed by atoms with Crippen molar-refractivity contribution in [3.8, 4) is 11.4 Å². The second kappa shape index (κ2) is 7.78. The highest BCUT2D eigenvalue weighted by atomic mass is 16.2. The molecule has 0 atom stereocenters. The number of aromatic nitrogens is 2. The lowest BCUT2D eigenvalue weighted by molar-refractivity contribution is 0.0785. The number of rotatable bonds is 5. The number of hydrogen-bond donors (Lipinski definition) is 0. The largest absolute Gasteiger partial charge is 0.362 e. The highest BCUT2D eigenvalue weighted by Gasteiger charge is 2.20. The molecule has 5 heteroatoms. The number of hydrogen-bond acceptors (Lipinski definition) is 4. The third-order valence-electron chi connectivity index (χ3n) is 4.06. The van der Waals surface area contributed by atoms with E-state index in [9.17, 15) is 4.79 Å². The third kappa shape index (κ3) is 3.88. The van der Waals surface area contributed by atoms with Gasteiger partial charge in [0.25, 0.3) is 5.91 Å². The zero-order valence-corrected chi connectivity index (χ0v) is 15.3. The zero-order chi connectivity index (χ0) is 18.5. The number of nitrogens with zero attached hydrogens (tertiary/aromatic N) is 4. The van der Waals surface area contributed by atoms with E-state index in [4.69, 9.17) is 0 Å². The SMILES string of the molecule is CN(Cc1ccccc1)C(=O)c1cnc(-c2ccccc2)nc1N(C)C. The van der Waals surface area contributed by atoms with Crippen LogP contribution in [0, 0.1) is 0 Å². The molecule has 0 radical (unpaired) electrons. The Balaban J connectivity index is 1.90. The molecule has 5 nitrogen and oxygen atoms in total. The van der Waals surface area contributed by atoms with Crippen LogP contribution in [-0.2, 0) is 6.54 Å². The van der Waals surface area contributed by atoms with Gasteiger partial charge in [0.15, 0.2) is 5.82 Å². The minimum Gasteiger partial charge on any atom is -0.362 e. The van der Waals surface area contributed by atoms with E-state index in [1.807, 2.05) is 79.7 Å². The van der Waals surface area contributed by atoms with Crippen molar-refractivity contribution in [3.05, 3.63) is 78.0 Å². The molecule has 0 aliphatic heterocycles. The van der Waals surface area contributed by atoms with Crippen molar-refractivity contribution in [2.24, 2.45) is 0 Å². The first kappa shape index (κ1) is 17.6. The highest BCUT2D eigenvalue weighted by Crippen LogP contribution is 2.22. The zero-order valence-electron chi connectivity index (χ0n) is 15.3. The van der Waals surface area contributed by atoms with Gasteiger partial charge in [0.2, 0.25) is 0 Å². The molecule has 0 bridgehead atoms. The Labute approximate surface area is 153 Å². The topological polar surface area (TPSA) is 49.3 Å². The Bertz CT molecular complexity index is 879. The monoisotopic (exact) mass is 346 g/mol. The van der Waals surface area contributed by atoms with Gasteiger partial charge in [-0.05, 0) is 5.56 Å². The first-order valence-electron chi connectivity index (χ1n) is 8.45. The van der Waals surface area contributed by atoms with E-state index < -0.39 is 0 Å². The molecule has 0 unspecified atom stereocenters. The minimum absolute atomic E-state index is 0.0998. The van der Waals surface area contributed by atoms with Crippen LogP contribution in [0.1, 0.15) is 15.9 Å². The number of carbonyl (C=O) groups is 1. The van der Waals surface area contributed by atoms with Gasteiger partial charge in [-0.1, -0.05) is 60.7 Å². The fourth-order valence-corrected chi connectivity index (χ4v) is 2.73. The average molecular weight is 346 g/mol. The highest BCUT2D eigenvalue weighted by molar-refractivity contribution is 5.98. The number of anilines is 1. The van der Waals surface area contributed by atoms with Crippen molar-refractivity contribution >= 4 is 11.7 Å². The molecule has 1 aromatic heterocycles. The summed E-state index contributed by atoms with van der Waals surface area (Å²) < 4.78 is 0. The first-order valence-corrected chi connectivity index (χ1v) is 8.45. The summed E-state index contributed by atoms with van der Waals surface area (Å²) in [4.78, 5) is 25.5. The fourth-order valence-electron chi connectivity index (χ4n) is 2.73. The van der Waals surface area contributed by atoms with Crippen LogP contribution in [0.2, 0.25) is 0 Å². The summed E-state index contributed by atoms with van der Waals surface area (Å²) in [5.74, 6) is 1.12. The van der Waals surface area contributed by atoms with Crippen LogP contribution in [0.25, 0.3) is 11.4 Å². The molecule has 1 amide bonds. The summed E-state index contributed by atoms with van der Waals surface area (Å²) in [6, 6.07) is 19.7. The first-order chi connectivity index (χ1) is 12.6. The van der Waals surface area contributed by atoms with E-state index in [2.05, 4.69) is 9.97 Å². The Kier molecular flexibility index (Phi) is 5.27. The van der Waals surface area contributed by atoms with Crippen molar-refractivity contribution in [3.63, 3.8) is 0 Å². The van der Waals surface area contributed by atoms with Crippen molar-refractivity contribution < 1.29 is 4.79 Å². The van der Waals surface area contributed by atoms with E-state index in [1.165, 1.54) is 0 Å². The molecule has 0 fully saturated rings. The quantitative estimate of drug-likeness (QED) is 0.710. The van der Waals surface area contributed by atoms with Gasteiger partial charge in [-0.2, -0.15) is 0 Å². The molecule has 0 saturated carbocycles. The number of carbonyl (C=O) groups excluding carboxylic acids is 1. The molecule has 26 heavy (non-hydrogen) atoms. The second-order valence-corrected chi connectivity index (χ2v) is 6.34. The van der Waals surface area contributed by atoms with Gasteiger partial charge >= 0.3 is 0 Å². The summed E-state index contributed by atoms with van der Waals surface area (Å²) in [5, 5.41) is 0. The molecule has 1 heterocycles. The molecule has 0 spiro atoms. The number of amides is 1. The van der Waals surface area contributed by atoms with Crippen LogP contribution < -0.4 is 4.90 Å². The summed E-state index contributed by atoms with van der Waals surface area (Å²) in [5.41, 5.74) is 2.50. The van der Waals surface area contributed by atoms with Crippen LogP contribution in [0.4, 0.5) is 5.82 Å². The lowest BCUT2D eigenvalue weighted by Gasteiger charge is -2.21. The Morgan fingerprint density at radius 3 is 2.15 bits per heavy atom. The lowest BCUT2D eigenvalue weighted by Crippen LogP contribution is -2.28. The fraction of sp³-hybridized carbons (Fsp3) is 0.190. The summed E-state index contributed by atoms with van der Waals surface area (Å²) in [7, 11) is 5.55. The molecular weight excluding hydrogens is 324 g/mol. The van der Waals surface area contributed by atoms with Crippen molar-refractivity contribution in [1.82, 2.24) is 14.9 Å². The predicted octanol–water partition coefficient (Wildman–Crippen LogP) is 3.48. The van der Waals surface area contributed by atoms with E-state index in [0.29, 0.717) is 23.8 Å². The van der Waals surface area contributed by atoms with Crippen LogP contribution in [0.3, 0.4) is 0 Å². The Hall–Kier alpha value is -3.21. The normalized spacial score (nSPS) is 10.4. The van der Waals surface area contributed by atoms with Crippen LogP contribution in [-0.4, -0.2) is 41.9 Å². The molecule has 3 aromatic rings. The van der Waals surface area contributed by atoms with Crippen LogP contribution in [0.5, 0.6) is 0 Å². The van der Waals surface area contributed by atoms with Gasteiger partial charge < -0.3 is 9.80 Å². The molecule has 2 aromatic carbocycles. The summed E-state index contributed by atoms with van der Waals surface area (Å²) in [6.45, 7) is 0.535. The molecule has 132 valence electrons. The standard InChI is InChI=1S/C21H22N4O/c1-24(2)20-18(14-22-19(23-20)17-12-8-5-9-13-17)21(26)25(3)15-16-10-6-4-7-11-16/h4-14H,15H2,1-3H3. The van der Waals surface area contributed by atoms with E-state index in [0.717, 1.165) is 11.1 Å². The van der Waals surface area contributed by atoms with Crippen molar-refractivity contribution in [1.29, 1.82) is 0 Å². The van der Waals surface area contributed by atoms with Crippen molar-refractivity contribution in [2.45, 2.75) is 6.54 Å². The van der Waals surface area contributed by atoms with Gasteiger partial charge in [0.1, 0.15) is 11.4 Å².